The summed E-state index contributed by atoms with van der Waals surface area (Å²) in [5.41, 5.74) is 0.188. The van der Waals surface area contributed by atoms with Crippen molar-refractivity contribution in [1.29, 1.82) is 0 Å². The topological polar surface area (TPSA) is 49.3 Å². The van der Waals surface area contributed by atoms with E-state index in [1.165, 1.54) is 0 Å². The van der Waals surface area contributed by atoms with E-state index in [1.54, 1.807) is 11.8 Å². The summed E-state index contributed by atoms with van der Waals surface area (Å²) < 4.78 is 0. The van der Waals surface area contributed by atoms with Gasteiger partial charge in [-0.2, -0.15) is 11.8 Å². The van der Waals surface area contributed by atoms with Gasteiger partial charge < -0.3 is 10.4 Å². The summed E-state index contributed by atoms with van der Waals surface area (Å²) in [6, 6.07) is 0.119. The molecule has 0 bridgehead atoms. The van der Waals surface area contributed by atoms with Gasteiger partial charge in [0.25, 0.3) is 0 Å². The lowest BCUT2D eigenvalue weighted by molar-refractivity contribution is -0.123. The molecule has 1 aliphatic rings. The highest BCUT2D eigenvalue weighted by Crippen LogP contribution is 2.51. The maximum atomic E-state index is 11.8. The quantitative estimate of drug-likeness (QED) is 0.723. The monoisotopic (exact) mass is 231 g/mol. The van der Waals surface area contributed by atoms with Crippen molar-refractivity contribution < 1.29 is 9.90 Å². The second-order valence-electron chi connectivity index (χ2n) is 4.92. The Morgan fingerprint density at radius 2 is 2.27 bits per heavy atom. The highest BCUT2D eigenvalue weighted by Gasteiger charge is 2.50. The van der Waals surface area contributed by atoms with Crippen LogP contribution in [0.1, 0.15) is 26.7 Å². The molecule has 1 aliphatic carbocycles. The van der Waals surface area contributed by atoms with E-state index >= 15 is 0 Å². The van der Waals surface area contributed by atoms with Gasteiger partial charge >= 0.3 is 0 Å². The SMILES string of the molecule is CSC[C@H](CCO)NC(=O)[C@H]1CC1(C)C. The molecule has 0 heterocycles. The maximum absolute atomic E-state index is 11.8. The van der Waals surface area contributed by atoms with E-state index in [0.717, 1.165) is 12.2 Å². The molecule has 0 aromatic carbocycles. The van der Waals surface area contributed by atoms with E-state index in [9.17, 15) is 4.79 Å². The first kappa shape index (κ1) is 12.8. The lowest BCUT2D eigenvalue weighted by Crippen LogP contribution is -2.38. The predicted molar refractivity (Wildman–Crippen MR) is 63.9 cm³/mol. The van der Waals surface area contributed by atoms with E-state index in [1.807, 2.05) is 6.26 Å². The van der Waals surface area contributed by atoms with Gasteiger partial charge in [0.05, 0.1) is 0 Å². The number of nitrogens with one attached hydrogen (secondary N) is 1. The summed E-state index contributed by atoms with van der Waals surface area (Å²) in [5, 5.41) is 11.9. The fourth-order valence-corrected chi connectivity index (χ4v) is 2.42. The number of carbonyl (C=O) groups excluding carboxylic acids is 1. The van der Waals surface area contributed by atoms with Gasteiger partial charge in [-0.1, -0.05) is 13.8 Å². The first-order chi connectivity index (χ1) is 7.01. The van der Waals surface area contributed by atoms with Gasteiger partial charge in [-0.25, -0.2) is 0 Å². The van der Waals surface area contributed by atoms with Gasteiger partial charge in [-0.15, -0.1) is 0 Å². The Bertz CT molecular complexity index is 225. The number of thioether (sulfide) groups is 1. The Balaban J connectivity index is 2.34. The molecule has 0 aromatic heterocycles. The van der Waals surface area contributed by atoms with Crippen molar-refractivity contribution in [2.45, 2.75) is 32.7 Å². The zero-order chi connectivity index (χ0) is 11.5. The summed E-state index contributed by atoms with van der Waals surface area (Å²) in [6.07, 6.45) is 3.65. The van der Waals surface area contributed by atoms with Gasteiger partial charge in [-0.05, 0) is 24.5 Å². The highest BCUT2D eigenvalue weighted by atomic mass is 32.2. The molecule has 1 amide bonds. The molecule has 2 atom stereocenters. The third-order valence-electron chi connectivity index (χ3n) is 3.02. The molecule has 4 heteroatoms. The molecule has 88 valence electrons. The number of rotatable bonds is 6. The standard InChI is InChI=1S/C11H21NO2S/c1-11(2)6-9(11)10(14)12-8(4-5-13)7-15-3/h8-9,13H,4-7H2,1-3H3,(H,12,14)/t8-,9+/m0/s1. The van der Waals surface area contributed by atoms with Crippen molar-refractivity contribution in [3.05, 3.63) is 0 Å². The minimum absolute atomic E-state index is 0.119. The predicted octanol–water partition coefficient (Wildman–Crippen LogP) is 1.26. The number of amides is 1. The Morgan fingerprint density at radius 1 is 1.67 bits per heavy atom. The molecule has 0 radical (unpaired) electrons. The van der Waals surface area contributed by atoms with Crippen LogP contribution in [-0.2, 0) is 4.79 Å². The van der Waals surface area contributed by atoms with Gasteiger partial charge in [0, 0.05) is 24.3 Å². The molecule has 0 aliphatic heterocycles. The van der Waals surface area contributed by atoms with Crippen molar-refractivity contribution >= 4 is 17.7 Å². The number of hydrogen-bond donors (Lipinski definition) is 2. The van der Waals surface area contributed by atoms with Gasteiger partial charge in [0.1, 0.15) is 0 Å². The average molecular weight is 231 g/mol. The van der Waals surface area contributed by atoms with Crippen LogP contribution in [0.5, 0.6) is 0 Å². The molecule has 1 saturated carbocycles. The Hall–Kier alpha value is -0.220. The average Bonchev–Trinajstić information content (AvgIpc) is 2.76. The van der Waals surface area contributed by atoms with E-state index in [2.05, 4.69) is 19.2 Å². The van der Waals surface area contributed by atoms with Crippen LogP contribution in [0.15, 0.2) is 0 Å². The van der Waals surface area contributed by atoms with Crippen molar-refractivity contribution in [3.63, 3.8) is 0 Å². The smallest absolute Gasteiger partial charge is 0.223 e. The number of aliphatic hydroxyl groups excluding tert-OH is 1. The molecule has 0 saturated heterocycles. The van der Waals surface area contributed by atoms with Crippen molar-refractivity contribution in [2.75, 3.05) is 18.6 Å². The van der Waals surface area contributed by atoms with Crippen LogP contribution in [0.2, 0.25) is 0 Å². The van der Waals surface area contributed by atoms with Crippen LogP contribution in [0, 0.1) is 11.3 Å². The largest absolute Gasteiger partial charge is 0.396 e. The molecule has 3 nitrogen and oxygen atoms in total. The van der Waals surface area contributed by atoms with Crippen LogP contribution in [0.3, 0.4) is 0 Å². The zero-order valence-corrected chi connectivity index (χ0v) is 10.6. The maximum Gasteiger partial charge on any atom is 0.223 e. The van der Waals surface area contributed by atoms with E-state index in [0.29, 0.717) is 6.42 Å². The van der Waals surface area contributed by atoms with Crippen LogP contribution in [0.25, 0.3) is 0 Å². The fourth-order valence-electron chi connectivity index (χ4n) is 1.77. The molecular weight excluding hydrogens is 210 g/mol. The third kappa shape index (κ3) is 3.68. The summed E-state index contributed by atoms with van der Waals surface area (Å²) in [6.45, 7) is 4.37. The number of carbonyl (C=O) groups is 1. The summed E-state index contributed by atoms with van der Waals surface area (Å²) >= 11 is 1.70. The second kappa shape index (κ2) is 5.21. The van der Waals surface area contributed by atoms with Crippen molar-refractivity contribution in [3.8, 4) is 0 Å². The summed E-state index contributed by atoms with van der Waals surface area (Å²) in [5.74, 6) is 1.22. The molecule has 0 unspecified atom stereocenters. The molecule has 0 spiro atoms. The summed E-state index contributed by atoms with van der Waals surface area (Å²) in [7, 11) is 0. The molecule has 1 rings (SSSR count). The van der Waals surface area contributed by atoms with Crippen molar-refractivity contribution in [2.24, 2.45) is 11.3 Å². The first-order valence-corrected chi connectivity index (χ1v) is 6.81. The lowest BCUT2D eigenvalue weighted by Gasteiger charge is -2.17. The van der Waals surface area contributed by atoms with E-state index < -0.39 is 0 Å². The number of aliphatic hydroxyl groups is 1. The molecule has 1 fully saturated rings. The van der Waals surface area contributed by atoms with Crippen LogP contribution < -0.4 is 5.32 Å². The Morgan fingerprint density at radius 3 is 2.67 bits per heavy atom. The first-order valence-electron chi connectivity index (χ1n) is 5.41. The van der Waals surface area contributed by atoms with Crippen LogP contribution in [0.4, 0.5) is 0 Å². The van der Waals surface area contributed by atoms with E-state index in [4.69, 9.17) is 5.11 Å². The minimum atomic E-state index is 0.119. The van der Waals surface area contributed by atoms with Crippen LogP contribution in [-0.4, -0.2) is 35.7 Å². The van der Waals surface area contributed by atoms with Crippen molar-refractivity contribution in [1.82, 2.24) is 5.32 Å². The molecule has 15 heavy (non-hydrogen) atoms. The second-order valence-corrected chi connectivity index (χ2v) is 5.83. The third-order valence-corrected chi connectivity index (χ3v) is 3.76. The van der Waals surface area contributed by atoms with Gasteiger partial charge in [0.2, 0.25) is 5.91 Å². The highest BCUT2D eigenvalue weighted by molar-refractivity contribution is 7.98. The lowest BCUT2D eigenvalue weighted by atomic mass is 10.1. The van der Waals surface area contributed by atoms with Gasteiger partial charge in [-0.3, -0.25) is 4.79 Å². The van der Waals surface area contributed by atoms with Gasteiger partial charge in [0.15, 0.2) is 0 Å². The molecular formula is C11H21NO2S. The Labute approximate surface area is 96.0 Å². The minimum Gasteiger partial charge on any atom is -0.396 e. The normalized spacial score (nSPS) is 24.7. The molecule has 0 aromatic rings. The zero-order valence-electron chi connectivity index (χ0n) is 9.75. The number of hydrogen-bond acceptors (Lipinski definition) is 3. The fraction of sp³-hybridized carbons (Fsp3) is 0.909. The van der Waals surface area contributed by atoms with E-state index in [-0.39, 0.29) is 29.9 Å². The Kier molecular flexibility index (Phi) is 4.46. The molecule has 2 N–H and O–H groups in total. The summed E-state index contributed by atoms with van der Waals surface area (Å²) in [4.78, 5) is 11.8. The van der Waals surface area contributed by atoms with Crippen LogP contribution >= 0.6 is 11.8 Å².